The van der Waals surface area contributed by atoms with Crippen LogP contribution in [0.25, 0.3) is 0 Å². The number of carboxylic acid groups (broad SMARTS) is 1. The molecule has 0 spiro atoms. The molecule has 1 unspecified atom stereocenters. The first-order valence-corrected chi connectivity index (χ1v) is 9.75. The molecule has 0 bridgehead atoms. The van der Waals surface area contributed by atoms with E-state index in [0.717, 1.165) is 12.4 Å². The highest BCUT2D eigenvalue weighted by atomic mass is 19.1. The van der Waals surface area contributed by atoms with Gasteiger partial charge in [-0.2, -0.15) is 4.98 Å². The number of halogens is 1. The molecule has 166 valence electrons. The summed E-state index contributed by atoms with van der Waals surface area (Å²) in [5.41, 5.74) is 1.36. The van der Waals surface area contributed by atoms with Gasteiger partial charge >= 0.3 is 5.97 Å². The van der Waals surface area contributed by atoms with E-state index in [0.29, 0.717) is 29.2 Å². The van der Waals surface area contributed by atoms with Gasteiger partial charge in [-0.25, -0.2) is 19.2 Å². The fourth-order valence-electron chi connectivity index (χ4n) is 2.71. The minimum absolute atomic E-state index is 0.0196. The number of anilines is 4. The summed E-state index contributed by atoms with van der Waals surface area (Å²) in [6, 6.07) is 13.7. The van der Waals surface area contributed by atoms with Gasteiger partial charge in [-0.3, -0.25) is 0 Å². The number of aliphatic hydroxyl groups is 1. The van der Waals surface area contributed by atoms with Crippen LogP contribution in [0, 0.1) is 5.82 Å². The number of hydrogen-bond acceptors (Lipinski definition) is 8. The molecule has 0 aliphatic rings. The third-order valence-electron chi connectivity index (χ3n) is 4.18. The first-order chi connectivity index (χ1) is 15.4. The van der Waals surface area contributed by atoms with Gasteiger partial charge in [-0.1, -0.05) is 18.2 Å². The Labute approximate surface area is 183 Å². The normalized spacial score (nSPS) is 11.8. The number of nitrogens with one attached hydrogen (secondary N) is 2. The molecule has 10 heteroatoms. The lowest BCUT2D eigenvalue weighted by atomic mass is 10.2. The van der Waals surface area contributed by atoms with E-state index >= 15 is 0 Å². The second-order valence-corrected chi connectivity index (χ2v) is 6.72. The largest absolute Gasteiger partial charge is 0.491 e. The predicted molar refractivity (Wildman–Crippen MR) is 119 cm³/mol. The van der Waals surface area contributed by atoms with Crippen LogP contribution in [-0.4, -0.2) is 45.1 Å². The number of aliphatic hydroxyl groups excluding tert-OH is 1. The van der Waals surface area contributed by atoms with E-state index in [2.05, 4.69) is 25.6 Å². The van der Waals surface area contributed by atoms with Gasteiger partial charge in [0.15, 0.2) is 11.6 Å². The number of ether oxygens (including phenoxy) is 1. The van der Waals surface area contributed by atoms with Crippen LogP contribution >= 0.6 is 0 Å². The number of aliphatic imine (C=N–C) groups is 1. The van der Waals surface area contributed by atoms with E-state index < -0.39 is 11.8 Å². The third-order valence-corrected chi connectivity index (χ3v) is 4.18. The number of rotatable bonds is 10. The zero-order valence-electron chi connectivity index (χ0n) is 17.2. The van der Waals surface area contributed by atoms with Crippen LogP contribution < -0.4 is 15.4 Å². The summed E-state index contributed by atoms with van der Waals surface area (Å²) in [6.07, 6.45) is 2.11. The number of benzene rings is 2. The summed E-state index contributed by atoms with van der Waals surface area (Å²) in [5.74, 6) is -1.24. The lowest BCUT2D eigenvalue weighted by Gasteiger charge is -2.15. The highest BCUT2D eigenvalue weighted by Crippen LogP contribution is 2.28. The highest BCUT2D eigenvalue weighted by molar-refractivity contribution is 6.22. The highest BCUT2D eigenvalue weighted by Gasteiger charge is 2.11. The van der Waals surface area contributed by atoms with Crippen LogP contribution in [0.15, 0.2) is 59.7 Å². The van der Waals surface area contributed by atoms with Crippen molar-refractivity contribution in [1.82, 2.24) is 9.97 Å². The second-order valence-electron chi connectivity index (χ2n) is 6.72. The van der Waals surface area contributed by atoms with E-state index in [-0.39, 0.29) is 24.5 Å². The number of aliphatic carboxylic acids is 1. The Balaban J connectivity index is 1.78. The van der Waals surface area contributed by atoms with Crippen molar-refractivity contribution in [2.75, 3.05) is 17.2 Å². The van der Waals surface area contributed by atoms with Crippen molar-refractivity contribution in [3.05, 3.63) is 60.5 Å². The van der Waals surface area contributed by atoms with Crippen LogP contribution in [-0.2, 0) is 4.79 Å². The molecule has 0 aliphatic heterocycles. The average Bonchev–Trinajstić information content (AvgIpc) is 2.76. The Morgan fingerprint density at radius 2 is 2.06 bits per heavy atom. The summed E-state index contributed by atoms with van der Waals surface area (Å²) >= 11 is 0. The molecule has 4 N–H and O–H groups in total. The number of hydrogen-bond donors (Lipinski definition) is 4. The number of para-hydroxylation sites is 2. The van der Waals surface area contributed by atoms with Crippen molar-refractivity contribution in [3.63, 3.8) is 0 Å². The van der Waals surface area contributed by atoms with Crippen LogP contribution in [0.5, 0.6) is 5.75 Å². The molecule has 32 heavy (non-hydrogen) atoms. The molecule has 0 radical (unpaired) electrons. The van der Waals surface area contributed by atoms with Crippen molar-refractivity contribution in [2.24, 2.45) is 4.99 Å². The third kappa shape index (κ3) is 6.47. The SMILES string of the molecule is CC(CCO)Oc1cccc(Nc2nc(Nc3ccccc3N=CC(=O)O)ncc2F)c1. The van der Waals surface area contributed by atoms with Crippen molar-refractivity contribution in [2.45, 2.75) is 19.4 Å². The van der Waals surface area contributed by atoms with E-state index in [4.69, 9.17) is 14.9 Å². The van der Waals surface area contributed by atoms with Gasteiger partial charge in [-0.05, 0) is 31.2 Å². The number of carboxylic acids is 1. The summed E-state index contributed by atoms with van der Waals surface area (Å²) in [5, 5.41) is 23.6. The fourth-order valence-corrected chi connectivity index (χ4v) is 2.71. The van der Waals surface area contributed by atoms with Gasteiger partial charge in [0.05, 0.1) is 23.7 Å². The quantitative estimate of drug-likeness (QED) is 0.348. The maximum absolute atomic E-state index is 14.3. The Kier molecular flexibility index (Phi) is 7.65. The zero-order chi connectivity index (χ0) is 22.9. The summed E-state index contributed by atoms with van der Waals surface area (Å²) in [4.78, 5) is 22.7. The van der Waals surface area contributed by atoms with E-state index in [9.17, 15) is 9.18 Å². The molecule has 9 nitrogen and oxygen atoms in total. The van der Waals surface area contributed by atoms with Crippen molar-refractivity contribution < 1.29 is 24.1 Å². The topological polar surface area (TPSA) is 129 Å². The Bertz CT molecular complexity index is 1110. The van der Waals surface area contributed by atoms with Crippen molar-refractivity contribution in [3.8, 4) is 5.75 Å². The van der Waals surface area contributed by atoms with Crippen molar-refractivity contribution in [1.29, 1.82) is 0 Å². The maximum Gasteiger partial charge on any atom is 0.346 e. The van der Waals surface area contributed by atoms with E-state index in [1.165, 1.54) is 0 Å². The number of carbonyl (C=O) groups is 1. The first kappa shape index (κ1) is 22.6. The molecule has 3 aromatic rings. The molecule has 0 amide bonds. The Morgan fingerprint density at radius 3 is 2.84 bits per heavy atom. The van der Waals surface area contributed by atoms with Crippen LogP contribution in [0.3, 0.4) is 0 Å². The predicted octanol–water partition coefficient (Wildman–Crippen LogP) is 4.04. The van der Waals surface area contributed by atoms with Crippen LogP contribution in [0.1, 0.15) is 13.3 Å². The first-order valence-electron chi connectivity index (χ1n) is 9.75. The minimum Gasteiger partial charge on any atom is -0.491 e. The van der Waals surface area contributed by atoms with Gasteiger partial charge in [0, 0.05) is 24.8 Å². The monoisotopic (exact) mass is 439 g/mol. The number of aromatic nitrogens is 2. The molecule has 0 aliphatic carbocycles. The van der Waals surface area contributed by atoms with Crippen LogP contribution in [0.2, 0.25) is 0 Å². The smallest absolute Gasteiger partial charge is 0.346 e. The number of nitrogens with zero attached hydrogens (tertiary/aromatic N) is 3. The Hall–Kier alpha value is -4.05. The summed E-state index contributed by atoms with van der Waals surface area (Å²) in [7, 11) is 0. The van der Waals surface area contributed by atoms with Gasteiger partial charge in [-0.15, -0.1) is 0 Å². The standard InChI is InChI=1S/C22H22FN5O4/c1-14(9-10-29)32-16-6-4-5-15(11-16)26-21-17(23)12-25-22(28-21)27-19-8-3-2-7-18(19)24-13-20(30)31/h2-8,11-14,29H,9-10H2,1H3,(H,30,31)(H2,25,26,27,28). The molecule has 0 fully saturated rings. The molecule has 2 aromatic carbocycles. The Morgan fingerprint density at radius 1 is 1.25 bits per heavy atom. The van der Waals surface area contributed by atoms with Gasteiger partial charge in [0.2, 0.25) is 5.95 Å². The molecular formula is C22H22FN5O4. The lowest BCUT2D eigenvalue weighted by molar-refractivity contribution is -0.128. The fraction of sp³-hybridized carbons (Fsp3) is 0.182. The summed E-state index contributed by atoms with van der Waals surface area (Å²) < 4.78 is 20.1. The van der Waals surface area contributed by atoms with Crippen LogP contribution in [0.4, 0.5) is 33.2 Å². The lowest BCUT2D eigenvalue weighted by Crippen LogP contribution is -2.13. The van der Waals surface area contributed by atoms with E-state index in [1.54, 1.807) is 48.5 Å². The molecular weight excluding hydrogens is 417 g/mol. The maximum atomic E-state index is 14.3. The molecule has 0 saturated carbocycles. The second kappa shape index (κ2) is 10.8. The minimum atomic E-state index is -1.18. The van der Waals surface area contributed by atoms with Gasteiger partial charge in [0.1, 0.15) is 12.0 Å². The van der Waals surface area contributed by atoms with Crippen molar-refractivity contribution >= 4 is 41.0 Å². The summed E-state index contributed by atoms with van der Waals surface area (Å²) in [6.45, 7) is 1.86. The molecule has 3 rings (SSSR count). The zero-order valence-corrected chi connectivity index (χ0v) is 17.2. The van der Waals surface area contributed by atoms with E-state index in [1.807, 2.05) is 6.92 Å². The molecule has 1 heterocycles. The van der Waals surface area contributed by atoms with Gasteiger partial charge < -0.3 is 25.6 Å². The molecule has 0 saturated heterocycles. The molecule has 1 aromatic heterocycles. The van der Waals surface area contributed by atoms with Gasteiger partial charge in [0.25, 0.3) is 0 Å². The average molecular weight is 439 g/mol. The molecule has 1 atom stereocenters.